The summed E-state index contributed by atoms with van der Waals surface area (Å²) in [5.41, 5.74) is 1.80. The molecule has 1 saturated carbocycles. The molecule has 4 rings (SSSR count). The van der Waals surface area contributed by atoms with Crippen LogP contribution in [0.15, 0.2) is 24.3 Å². The Kier molecular flexibility index (Phi) is 5.62. The minimum absolute atomic E-state index is 0.360. The summed E-state index contributed by atoms with van der Waals surface area (Å²) in [6.45, 7) is -0.360. The summed E-state index contributed by atoms with van der Waals surface area (Å²) in [6.07, 6.45) is 6.34. The maximum Gasteiger partial charge on any atom is 0.317 e. The van der Waals surface area contributed by atoms with Gasteiger partial charge in [-0.2, -0.15) is 5.26 Å². The highest BCUT2D eigenvalue weighted by Gasteiger charge is 2.47. The van der Waals surface area contributed by atoms with Gasteiger partial charge in [-0.3, -0.25) is 9.59 Å². The second kappa shape index (κ2) is 8.17. The first-order valence-corrected chi connectivity index (χ1v) is 11.0. The molecule has 0 aliphatic heterocycles. The van der Waals surface area contributed by atoms with Crippen LogP contribution in [0.3, 0.4) is 0 Å². The lowest BCUT2D eigenvalue weighted by molar-refractivity contribution is -0.156. The number of amides is 1. The summed E-state index contributed by atoms with van der Waals surface area (Å²) < 4.78 is 5.38. The van der Waals surface area contributed by atoms with Crippen LogP contribution in [-0.2, 0) is 32.6 Å². The molecule has 1 N–H and O–H groups in total. The number of benzene rings is 1. The number of fused-ring (bicyclic) bond motifs is 1. The van der Waals surface area contributed by atoms with Gasteiger partial charge in [-0.1, -0.05) is 30.2 Å². The van der Waals surface area contributed by atoms with Crippen molar-refractivity contribution in [1.29, 1.82) is 5.26 Å². The molecule has 1 fully saturated rings. The lowest BCUT2D eigenvalue weighted by Gasteiger charge is -2.39. The van der Waals surface area contributed by atoms with E-state index in [4.69, 9.17) is 16.3 Å². The predicted molar refractivity (Wildman–Crippen MR) is 112 cm³/mol. The molecule has 0 spiro atoms. The molecule has 0 radical (unpaired) electrons. The molecule has 2 aromatic rings. The fraction of sp³-hybridized carbons (Fsp3) is 0.409. The van der Waals surface area contributed by atoms with Gasteiger partial charge in [0.25, 0.3) is 5.91 Å². The van der Waals surface area contributed by atoms with E-state index in [0.29, 0.717) is 28.4 Å². The predicted octanol–water partition coefficient (Wildman–Crippen LogP) is 4.76. The third-order valence-electron chi connectivity index (χ3n) is 5.87. The number of nitrogens with zero attached hydrogens (tertiary/aromatic N) is 1. The van der Waals surface area contributed by atoms with Crippen LogP contribution in [0.25, 0.3) is 0 Å². The average Bonchev–Trinajstić information content (AvgIpc) is 3.03. The number of carbonyl (C=O) groups excluding carboxylic acids is 2. The van der Waals surface area contributed by atoms with Crippen LogP contribution in [0.1, 0.15) is 53.7 Å². The smallest absolute Gasteiger partial charge is 0.317 e. The summed E-state index contributed by atoms with van der Waals surface area (Å²) in [6, 6.07) is 9.44. The van der Waals surface area contributed by atoms with Crippen LogP contribution < -0.4 is 5.32 Å². The molecule has 0 bridgehead atoms. The number of rotatable bonds is 5. The first-order chi connectivity index (χ1) is 14.0. The largest absolute Gasteiger partial charge is 0.455 e. The van der Waals surface area contributed by atoms with Crippen molar-refractivity contribution in [3.05, 3.63) is 50.9 Å². The number of aryl methyl sites for hydroxylation is 1. The van der Waals surface area contributed by atoms with E-state index in [9.17, 15) is 14.9 Å². The zero-order valence-corrected chi connectivity index (χ0v) is 17.5. The number of esters is 1. The Labute approximate surface area is 178 Å². The summed E-state index contributed by atoms with van der Waals surface area (Å²) >= 11 is 7.41. The molecule has 7 heteroatoms. The first kappa shape index (κ1) is 19.9. The van der Waals surface area contributed by atoms with E-state index in [1.807, 2.05) is 12.1 Å². The molecule has 0 unspecified atom stereocenters. The molecule has 5 nitrogen and oxygen atoms in total. The van der Waals surface area contributed by atoms with Crippen molar-refractivity contribution < 1.29 is 14.3 Å². The van der Waals surface area contributed by atoms with Crippen LogP contribution in [-0.4, -0.2) is 18.5 Å². The molecular weight excluding hydrogens is 408 g/mol. The quantitative estimate of drug-likeness (QED) is 0.696. The van der Waals surface area contributed by atoms with Gasteiger partial charge in [0.15, 0.2) is 6.61 Å². The van der Waals surface area contributed by atoms with Gasteiger partial charge >= 0.3 is 5.97 Å². The fourth-order valence-electron chi connectivity index (χ4n) is 4.11. The molecule has 0 atom stereocenters. The van der Waals surface area contributed by atoms with Gasteiger partial charge < -0.3 is 10.1 Å². The number of thiophene rings is 1. The highest BCUT2D eigenvalue weighted by molar-refractivity contribution is 7.16. The number of hydrogen-bond acceptors (Lipinski definition) is 5. The van der Waals surface area contributed by atoms with Crippen LogP contribution >= 0.6 is 22.9 Å². The van der Waals surface area contributed by atoms with Gasteiger partial charge in [-0.15, -0.1) is 11.3 Å². The summed E-state index contributed by atoms with van der Waals surface area (Å²) in [5, 5.41) is 13.4. The van der Waals surface area contributed by atoms with E-state index in [2.05, 4.69) is 11.4 Å². The Hall–Kier alpha value is -2.36. The minimum atomic E-state index is -0.690. The Morgan fingerprint density at radius 3 is 2.55 bits per heavy atom. The molecule has 29 heavy (non-hydrogen) atoms. The van der Waals surface area contributed by atoms with Crippen molar-refractivity contribution in [2.45, 2.75) is 50.4 Å². The highest BCUT2D eigenvalue weighted by Crippen LogP contribution is 2.45. The van der Waals surface area contributed by atoms with E-state index in [-0.39, 0.29) is 12.6 Å². The lowest BCUT2D eigenvalue weighted by Crippen LogP contribution is -2.44. The zero-order chi connectivity index (χ0) is 20.4. The van der Waals surface area contributed by atoms with E-state index >= 15 is 0 Å². The first-order valence-electron chi connectivity index (χ1n) is 9.81. The second-order valence-corrected chi connectivity index (χ2v) is 9.14. The third kappa shape index (κ3) is 3.77. The van der Waals surface area contributed by atoms with Gasteiger partial charge in [-0.25, -0.2) is 0 Å². The van der Waals surface area contributed by atoms with Crippen molar-refractivity contribution in [3.8, 4) is 6.07 Å². The maximum absolute atomic E-state index is 12.8. The number of anilines is 1. The number of halogens is 1. The molecule has 0 saturated heterocycles. The second-order valence-electron chi connectivity index (χ2n) is 7.59. The number of nitriles is 1. The molecule has 2 aliphatic rings. The molecule has 1 amide bonds. The van der Waals surface area contributed by atoms with E-state index in [1.165, 1.54) is 16.2 Å². The van der Waals surface area contributed by atoms with Crippen molar-refractivity contribution >= 4 is 39.8 Å². The van der Waals surface area contributed by atoms with Crippen molar-refractivity contribution in [2.24, 2.45) is 0 Å². The van der Waals surface area contributed by atoms with Crippen molar-refractivity contribution in [3.63, 3.8) is 0 Å². The van der Waals surface area contributed by atoms with Gasteiger partial charge in [0, 0.05) is 9.90 Å². The summed E-state index contributed by atoms with van der Waals surface area (Å²) in [7, 11) is 0. The molecule has 2 aliphatic carbocycles. The van der Waals surface area contributed by atoms with Crippen molar-refractivity contribution in [2.75, 3.05) is 11.9 Å². The third-order valence-corrected chi connectivity index (χ3v) is 7.32. The SMILES string of the molecule is N#Cc1c(NC(=O)COC(=O)C2(c3ccc(Cl)cc3)CCC2)sc2c1CCCC2. The van der Waals surface area contributed by atoms with Gasteiger partial charge in [-0.05, 0) is 61.8 Å². The van der Waals surface area contributed by atoms with Crippen LogP contribution in [0, 0.1) is 11.3 Å². The fourth-order valence-corrected chi connectivity index (χ4v) is 5.50. The van der Waals surface area contributed by atoms with Gasteiger partial charge in [0.1, 0.15) is 11.1 Å². The molecule has 1 aromatic carbocycles. The zero-order valence-electron chi connectivity index (χ0n) is 15.9. The Bertz CT molecular complexity index is 987. The summed E-state index contributed by atoms with van der Waals surface area (Å²) in [5.74, 6) is -0.800. The van der Waals surface area contributed by atoms with Gasteiger partial charge in [0.2, 0.25) is 0 Å². The number of hydrogen-bond donors (Lipinski definition) is 1. The van der Waals surface area contributed by atoms with Crippen LogP contribution in [0.5, 0.6) is 0 Å². The van der Waals surface area contributed by atoms with E-state index in [1.54, 1.807) is 12.1 Å². The number of nitrogens with one attached hydrogen (secondary N) is 1. The molecule has 150 valence electrons. The monoisotopic (exact) mass is 428 g/mol. The Balaban J connectivity index is 1.41. The normalized spacial score (nSPS) is 16.8. The van der Waals surface area contributed by atoms with E-state index < -0.39 is 11.3 Å². The van der Waals surface area contributed by atoms with Crippen LogP contribution in [0.4, 0.5) is 5.00 Å². The summed E-state index contributed by atoms with van der Waals surface area (Å²) in [4.78, 5) is 26.4. The average molecular weight is 429 g/mol. The highest BCUT2D eigenvalue weighted by atomic mass is 35.5. The number of carbonyl (C=O) groups is 2. The van der Waals surface area contributed by atoms with Gasteiger partial charge in [0.05, 0.1) is 11.0 Å². The molecular formula is C22H21ClN2O3S. The van der Waals surface area contributed by atoms with Crippen LogP contribution in [0.2, 0.25) is 5.02 Å². The topological polar surface area (TPSA) is 79.2 Å². The maximum atomic E-state index is 12.8. The lowest BCUT2D eigenvalue weighted by atomic mass is 9.64. The Morgan fingerprint density at radius 2 is 1.90 bits per heavy atom. The molecule has 1 aromatic heterocycles. The Morgan fingerprint density at radius 1 is 1.17 bits per heavy atom. The standard InChI is InChI=1S/C22H21ClN2O3S/c23-15-8-6-14(7-9-15)22(10-3-11-22)21(27)28-13-19(26)25-20-17(12-24)16-4-1-2-5-18(16)29-20/h6-9H,1-5,10-11,13H2,(H,25,26). The number of ether oxygens (including phenoxy) is 1. The van der Waals surface area contributed by atoms with Crippen molar-refractivity contribution in [1.82, 2.24) is 0 Å². The minimum Gasteiger partial charge on any atom is -0.455 e. The molecule has 1 heterocycles. The van der Waals surface area contributed by atoms with E-state index in [0.717, 1.165) is 43.2 Å².